The number of carbonyl (C=O) groups is 1. The number of benzene rings is 2. The Hall–Kier alpha value is -3.35. The summed E-state index contributed by atoms with van der Waals surface area (Å²) < 4.78 is 11.8. The molecule has 0 aliphatic carbocycles. The third-order valence-electron chi connectivity index (χ3n) is 4.04. The first kappa shape index (κ1) is 17.5. The lowest BCUT2D eigenvalue weighted by atomic mass is 10.2. The summed E-state index contributed by atoms with van der Waals surface area (Å²) in [5, 5.41) is 3.24. The second-order valence-corrected chi connectivity index (χ2v) is 5.68. The van der Waals surface area contributed by atoms with Crippen molar-refractivity contribution in [2.45, 2.75) is 13.5 Å². The summed E-state index contributed by atoms with van der Waals surface area (Å²) in [7, 11) is 3.06. The van der Waals surface area contributed by atoms with Gasteiger partial charge in [0.2, 0.25) is 5.91 Å². The average molecular weight is 353 g/mol. The molecule has 7 nitrogen and oxygen atoms in total. The van der Waals surface area contributed by atoms with Crippen LogP contribution in [0.1, 0.15) is 5.82 Å². The van der Waals surface area contributed by atoms with Crippen LogP contribution in [0.2, 0.25) is 0 Å². The highest BCUT2D eigenvalue weighted by molar-refractivity contribution is 5.92. The fourth-order valence-corrected chi connectivity index (χ4v) is 2.70. The van der Waals surface area contributed by atoms with Crippen LogP contribution in [0, 0.1) is 6.92 Å². The molecule has 1 aromatic heterocycles. The second kappa shape index (κ2) is 7.26. The number of para-hydroxylation sites is 1. The van der Waals surface area contributed by atoms with E-state index in [1.807, 2.05) is 6.07 Å². The molecule has 2 aromatic carbocycles. The highest BCUT2D eigenvalue weighted by Gasteiger charge is 2.13. The van der Waals surface area contributed by atoms with Crippen molar-refractivity contribution in [2.24, 2.45) is 0 Å². The number of aryl methyl sites for hydroxylation is 1. The average Bonchev–Trinajstić information content (AvgIpc) is 2.65. The van der Waals surface area contributed by atoms with E-state index in [9.17, 15) is 9.59 Å². The smallest absolute Gasteiger partial charge is 0.261 e. The number of methoxy groups -OCH3 is 2. The Morgan fingerprint density at radius 1 is 1.15 bits per heavy atom. The van der Waals surface area contributed by atoms with Crippen LogP contribution >= 0.6 is 0 Å². The molecule has 0 saturated carbocycles. The maximum atomic E-state index is 12.6. The van der Waals surface area contributed by atoms with Crippen LogP contribution in [0.5, 0.6) is 11.5 Å². The number of hydrogen-bond acceptors (Lipinski definition) is 5. The first-order valence-electron chi connectivity index (χ1n) is 8.01. The number of aromatic nitrogens is 2. The van der Waals surface area contributed by atoms with E-state index in [1.165, 1.54) is 11.7 Å². The highest BCUT2D eigenvalue weighted by atomic mass is 16.5. The summed E-state index contributed by atoms with van der Waals surface area (Å²) in [6.45, 7) is 1.56. The summed E-state index contributed by atoms with van der Waals surface area (Å²) in [6.07, 6.45) is 0. The number of ether oxygens (including phenoxy) is 2. The van der Waals surface area contributed by atoms with Gasteiger partial charge in [0, 0.05) is 6.07 Å². The quantitative estimate of drug-likeness (QED) is 0.761. The molecule has 0 radical (unpaired) electrons. The Bertz CT molecular complexity index is 1030. The van der Waals surface area contributed by atoms with Gasteiger partial charge in [0.15, 0.2) is 0 Å². The van der Waals surface area contributed by atoms with E-state index < -0.39 is 0 Å². The molecular formula is C19H19N3O4. The van der Waals surface area contributed by atoms with Crippen molar-refractivity contribution in [2.75, 3.05) is 19.5 Å². The molecule has 0 unspecified atom stereocenters. The Morgan fingerprint density at radius 2 is 1.92 bits per heavy atom. The maximum Gasteiger partial charge on any atom is 0.261 e. The van der Waals surface area contributed by atoms with Gasteiger partial charge in [0.05, 0.1) is 30.8 Å². The Labute approximate surface area is 150 Å². The molecule has 1 heterocycles. The standard InChI is InChI=1S/C19H19N3O4/c1-12-20-15-7-5-4-6-14(15)19(24)22(12)11-18(23)21-16-9-8-13(25-2)10-17(16)26-3/h4-10H,11H2,1-3H3,(H,21,23). The van der Waals surface area contributed by atoms with E-state index in [-0.39, 0.29) is 18.0 Å². The molecule has 0 bridgehead atoms. The molecule has 0 fully saturated rings. The molecule has 0 saturated heterocycles. The lowest BCUT2D eigenvalue weighted by molar-refractivity contribution is -0.116. The molecule has 134 valence electrons. The Balaban J connectivity index is 1.87. The van der Waals surface area contributed by atoms with Crippen molar-refractivity contribution in [3.8, 4) is 11.5 Å². The van der Waals surface area contributed by atoms with Crippen molar-refractivity contribution in [1.29, 1.82) is 0 Å². The lowest BCUT2D eigenvalue weighted by Gasteiger charge is -2.13. The maximum absolute atomic E-state index is 12.6. The third-order valence-corrected chi connectivity index (χ3v) is 4.04. The molecule has 0 atom stereocenters. The predicted molar refractivity (Wildman–Crippen MR) is 98.9 cm³/mol. The third kappa shape index (κ3) is 3.37. The van der Waals surface area contributed by atoms with Gasteiger partial charge in [-0.05, 0) is 31.2 Å². The van der Waals surface area contributed by atoms with Gasteiger partial charge in [0.25, 0.3) is 5.56 Å². The fourth-order valence-electron chi connectivity index (χ4n) is 2.70. The van der Waals surface area contributed by atoms with Gasteiger partial charge < -0.3 is 14.8 Å². The summed E-state index contributed by atoms with van der Waals surface area (Å²) >= 11 is 0. The molecule has 3 rings (SSSR count). The van der Waals surface area contributed by atoms with Crippen molar-refractivity contribution < 1.29 is 14.3 Å². The Morgan fingerprint density at radius 3 is 2.65 bits per heavy atom. The van der Waals surface area contributed by atoms with Gasteiger partial charge >= 0.3 is 0 Å². The molecule has 0 aliphatic heterocycles. The summed E-state index contributed by atoms with van der Waals surface area (Å²) in [4.78, 5) is 29.5. The van der Waals surface area contributed by atoms with E-state index >= 15 is 0 Å². The minimum absolute atomic E-state index is 0.141. The molecule has 3 aromatic rings. The van der Waals surface area contributed by atoms with Crippen molar-refractivity contribution in [3.05, 3.63) is 58.6 Å². The van der Waals surface area contributed by atoms with Crippen molar-refractivity contribution in [3.63, 3.8) is 0 Å². The molecule has 26 heavy (non-hydrogen) atoms. The van der Waals surface area contributed by atoms with Gasteiger partial charge in [0.1, 0.15) is 23.9 Å². The summed E-state index contributed by atoms with van der Waals surface area (Å²) in [5.41, 5.74) is 0.867. The first-order chi connectivity index (χ1) is 12.5. The number of amides is 1. The number of nitrogens with zero attached hydrogens (tertiary/aromatic N) is 2. The largest absolute Gasteiger partial charge is 0.497 e. The van der Waals surface area contributed by atoms with Gasteiger partial charge in [-0.1, -0.05) is 12.1 Å². The minimum Gasteiger partial charge on any atom is -0.497 e. The fraction of sp³-hybridized carbons (Fsp3) is 0.211. The van der Waals surface area contributed by atoms with E-state index in [1.54, 1.807) is 50.4 Å². The molecule has 7 heteroatoms. The van der Waals surface area contributed by atoms with Crippen LogP contribution in [0.25, 0.3) is 10.9 Å². The zero-order valence-electron chi connectivity index (χ0n) is 14.8. The van der Waals surface area contributed by atoms with Crippen molar-refractivity contribution >= 4 is 22.5 Å². The van der Waals surface area contributed by atoms with Gasteiger partial charge in [-0.3, -0.25) is 14.2 Å². The molecule has 1 N–H and O–H groups in total. The highest BCUT2D eigenvalue weighted by Crippen LogP contribution is 2.28. The van der Waals surface area contributed by atoms with Crippen LogP contribution < -0.4 is 20.3 Å². The number of hydrogen-bond donors (Lipinski definition) is 1. The number of rotatable bonds is 5. The monoisotopic (exact) mass is 353 g/mol. The van der Waals surface area contributed by atoms with E-state index in [4.69, 9.17) is 9.47 Å². The number of fused-ring (bicyclic) bond motifs is 1. The van der Waals surface area contributed by atoms with Crippen LogP contribution in [0.3, 0.4) is 0 Å². The minimum atomic E-state index is -0.351. The summed E-state index contributed by atoms with van der Waals surface area (Å²) in [5.74, 6) is 1.21. The van der Waals surface area contributed by atoms with Gasteiger partial charge in [-0.2, -0.15) is 0 Å². The summed E-state index contributed by atoms with van der Waals surface area (Å²) in [6, 6.07) is 12.1. The number of carbonyl (C=O) groups excluding carboxylic acids is 1. The zero-order valence-corrected chi connectivity index (χ0v) is 14.8. The van der Waals surface area contributed by atoms with Crippen LogP contribution in [-0.2, 0) is 11.3 Å². The van der Waals surface area contributed by atoms with E-state index in [0.29, 0.717) is 33.9 Å². The van der Waals surface area contributed by atoms with Gasteiger partial charge in [-0.15, -0.1) is 0 Å². The topological polar surface area (TPSA) is 82.5 Å². The number of nitrogens with one attached hydrogen (secondary N) is 1. The van der Waals surface area contributed by atoms with Crippen LogP contribution in [-0.4, -0.2) is 29.7 Å². The first-order valence-corrected chi connectivity index (χ1v) is 8.01. The molecule has 0 aliphatic rings. The zero-order chi connectivity index (χ0) is 18.7. The number of anilines is 1. The molecule has 0 spiro atoms. The van der Waals surface area contributed by atoms with Gasteiger partial charge in [-0.25, -0.2) is 4.98 Å². The SMILES string of the molecule is COc1ccc(NC(=O)Cn2c(C)nc3ccccc3c2=O)c(OC)c1. The lowest BCUT2D eigenvalue weighted by Crippen LogP contribution is -2.30. The predicted octanol–water partition coefficient (Wildman–Crippen LogP) is 2.36. The van der Waals surface area contributed by atoms with E-state index in [0.717, 1.165) is 0 Å². The second-order valence-electron chi connectivity index (χ2n) is 5.68. The molecular weight excluding hydrogens is 334 g/mol. The molecule has 1 amide bonds. The van der Waals surface area contributed by atoms with Crippen LogP contribution in [0.15, 0.2) is 47.3 Å². The Kier molecular flexibility index (Phi) is 4.88. The normalized spacial score (nSPS) is 10.6. The van der Waals surface area contributed by atoms with E-state index in [2.05, 4.69) is 10.3 Å². The van der Waals surface area contributed by atoms with Crippen molar-refractivity contribution in [1.82, 2.24) is 9.55 Å². The van der Waals surface area contributed by atoms with Crippen LogP contribution in [0.4, 0.5) is 5.69 Å².